The van der Waals surface area contributed by atoms with Crippen LogP contribution in [0.3, 0.4) is 0 Å². The van der Waals surface area contributed by atoms with E-state index >= 15 is 0 Å². The van der Waals surface area contributed by atoms with Gasteiger partial charge < -0.3 is 24.4 Å². The highest BCUT2D eigenvalue weighted by atomic mass is 16.5. The molecule has 2 saturated heterocycles. The Bertz CT molecular complexity index is 675. The van der Waals surface area contributed by atoms with Crippen LogP contribution in [0.2, 0.25) is 0 Å². The van der Waals surface area contributed by atoms with Crippen LogP contribution >= 0.6 is 0 Å². The van der Waals surface area contributed by atoms with Gasteiger partial charge in [0.25, 0.3) is 0 Å². The molecule has 1 unspecified atom stereocenters. The monoisotopic (exact) mass is 377 g/mol. The van der Waals surface area contributed by atoms with E-state index in [2.05, 4.69) is 10.2 Å². The molecule has 0 spiro atoms. The lowest BCUT2D eigenvalue weighted by Crippen LogP contribution is -2.43. The highest BCUT2D eigenvalue weighted by Gasteiger charge is 2.37. The van der Waals surface area contributed by atoms with E-state index in [9.17, 15) is 9.59 Å². The molecule has 27 heavy (non-hydrogen) atoms. The maximum atomic E-state index is 12.7. The number of nitrogens with one attached hydrogen (secondary N) is 1. The van der Waals surface area contributed by atoms with Crippen LogP contribution in [0.25, 0.3) is 0 Å². The van der Waals surface area contributed by atoms with Gasteiger partial charge in [-0.2, -0.15) is 0 Å². The average molecular weight is 377 g/mol. The number of nitrogens with zero attached hydrogens (tertiary/aromatic N) is 2. The minimum atomic E-state index is -0.636. The van der Waals surface area contributed by atoms with E-state index < -0.39 is 5.92 Å². The first-order chi connectivity index (χ1) is 13.1. The Morgan fingerprint density at radius 1 is 1.19 bits per heavy atom. The molecule has 8 nitrogen and oxygen atoms in total. The summed E-state index contributed by atoms with van der Waals surface area (Å²) in [7, 11) is 3.12. The summed E-state index contributed by atoms with van der Waals surface area (Å²) in [6.07, 6.45) is 0.510. The van der Waals surface area contributed by atoms with Gasteiger partial charge in [-0.05, 0) is 18.6 Å². The Kier molecular flexibility index (Phi) is 6.52. The van der Waals surface area contributed by atoms with Crippen LogP contribution in [-0.2, 0) is 14.3 Å². The number of ether oxygens (including phenoxy) is 3. The number of morpholine rings is 1. The number of methoxy groups -OCH3 is 2. The molecule has 8 heteroatoms. The van der Waals surface area contributed by atoms with E-state index in [4.69, 9.17) is 14.2 Å². The Morgan fingerprint density at radius 3 is 2.63 bits per heavy atom. The van der Waals surface area contributed by atoms with Crippen LogP contribution in [0.1, 0.15) is 6.42 Å². The average Bonchev–Trinajstić information content (AvgIpc) is 3.09. The Morgan fingerprint density at radius 2 is 1.93 bits per heavy atom. The summed E-state index contributed by atoms with van der Waals surface area (Å²) in [5.41, 5.74) is 0.710. The predicted octanol–water partition coefficient (Wildman–Crippen LogP) is 0.505. The predicted molar refractivity (Wildman–Crippen MR) is 100 cm³/mol. The van der Waals surface area contributed by atoms with Crippen molar-refractivity contribution in [2.75, 3.05) is 65.1 Å². The first-order valence-corrected chi connectivity index (χ1v) is 9.25. The SMILES string of the molecule is COc1ccc(N2CCC(C(=O)NCCN3CCOCC3)C2=O)cc1OC. The molecule has 2 heterocycles. The normalized spacial score (nSPS) is 20.6. The molecule has 2 aliphatic rings. The standard InChI is InChI=1S/C19H27N3O5/c1-25-16-4-3-14(13-17(16)26-2)22-7-5-15(19(22)24)18(23)20-6-8-21-9-11-27-12-10-21/h3-4,13,15H,5-12H2,1-2H3,(H,20,23). The quantitative estimate of drug-likeness (QED) is 0.698. The van der Waals surface area contributed by atoms with Crippen molar-refractivity contribution < 1.29 is 23.8 Å². The van der Waals surface area contributed by atoms with Crippen LogP contribution in [0.4, 0.5) is 5.69 Å². The van der Waals surface area contributed by atoms with E-state index in [1.165, 1.54) is 0 Å². The van der Waals surface area contributed by atoms with Crippen LogP contribution in [0.5, 0.6) is 11.5 Å². The number of hydrogen-bond donors (Lipinski definition) is 1. The molecule has 1 aromatic rings. The zero-order valence-electron chi connectivity index (χ0n) is 15.9. The lowest BCUT2D eigenvalue weighted by Gasteiger charge is -2.26. The summed E-state index contributed by atoms with van der Waals surface area (Å²) in [6, 6.07) is 5.32. The summed E-state index contributed by atoms with van der Waals surface area (Å²) in [5, 5.41) is 2.90. The van der Waals surface area contributed by atoms with E-state index in [1.807, 2.05) is 0 Å². The molecule has 1 N–H and O–H groups in total. The maximum absolute atomic E-state index is 12.7. The molecule has 1 atom stereocenters. The van der Waals surface area contributed by atoms with Crippen molar-refractivity contribution in [3.8, 4) is 11.5 Å². The molecule has 0 bridgehead atoms. The van der Waals surface area contributed by atoms with Crippen molar-refractivity contribution in [2.45, 2.75) is 6.42 Å². The van der Waals surface area contributed by atoms with Crippen molar-refractivity contribution in [3.05, 3.63) is 18.2 Å². The molecule has 3 rings (SSSR count). The van der Waals surface area contributed by atoms with Gasteiger partial charge >= 0.3 is 0 Å². The fourth-order valence-corrected chi connectivity index (χ4v) is 3.46. The third-order valence-electron chi connectivity index (χ3n) is 5.03. The minimum Gasteiger partial charge on any atom is -0.493 e. The van der Waals surface area contributed by atoms with Gasteiger partial charge in [0.15, 0.2) is 11.5 Å². The van der Waals surface area contributed by atoms with Gasteiger partial charge in [0.05, 0.1) is 27.4 Å². The van der Waals surface area contributed by atoms with Gasteiger partial charge in [0.1, 0.15) is 5.92 Å². The van der Waals surface area contributed by atoms with Gasteiger partial charge in [-0.3, -0.25) is 14.5 Å². The van der Waals surface area contributed by atoms with Gasteiger partial charge in [-0.15, -0.1) is 0 Å². The summed E-state index contributed by atoms with van der Waals surface area (Å²) in [5.74, 6) is 0.150. The molecule has 2 amide bonds. The topological polar surface area (TPSA) is 80.3 Å². The first kappa shape index (κ1) is 19.4. The van der Waals surface area contributed by atoms with Gasteiger partial charge in [-0.1, -0.05) is 0 Å². The molecular formula is C19H27N3O5. The van der Waals surface area contributed by atoms with Crippen LogP contribution in [-0.4, -0.2) is 76.9 Å². The number of benzene rings is 1. The van der Waals surface area contributed by atoms with Crippen LogP contribution in [0, 0.1) is 5.92 Å². The molecule has 2 aliphatic heterocycles. The highest BCUT2D eigenvalue weighted by molar-refractivity contribution is 6.09. The van der Waals surface area contributed by atoms with E-state index in [0.717, 1.165) is 32.8 Å². The van der Waals surface area contributed by atoms with Crippen molar-refractivity contribution in [1.29, 1.82) is 0 Å². The second-order valence-electron chi connectivity index (χ2n) is 6.62. The van der Waals surface area contributed by atoms with Crippen molar-refractivity contribution in [2.24, 2.45) is 5.92 Å². The summed E-state index contributed by atoms with van der Waals surface area (Å²) < 4.78 is 15.8. The maximum Gasteiger partial charge on any atom is 0.239 e. The fraction of sp³-hybridized carbons (Fsp3) is 0.579. The summed E-state index contributed by atoms with van der Waals surface area (Å²) in [4.78, 5) is 29.1. The number of rotatable bonds is 7. The molecule has 0 aromatic heterocycles. The third kappa shape index (κ3) is 4.51. The second-order valence-corrected chi connectivity index (χ2v) is 6.62. The van der Waals surface area contributed by atoms with Crippen molar-refractivity contribution >= 4 is 17.5 Å². The third-order valence-corrected chi connectivity index (χ3v) is 5.03. The molecule has 2 fully saturated rings. The highest BCUT2D eigenvalue weighted by Crippen LogP contribution is 2.34. The summed E-state index contributed by atoms with van der Waals surface area (Å²) in [6.45, 7) is 5.05. The van der Waals surface area contributed by atoms with Crippen molar-refractivity contribution in [3.63, 3.8) is 0 Å². The molecule has 0 saturated carbocycles. The van der Waals surface area contributed by atoms with E-state index in [0.29, 0.717) is 36.7 Å². The lowest BCUT2D eigenvalue weighted by atomic mass is 10.1. The fourth-order valence-electron chi connectivity index (χ4n) is 3.46. The number of carbonyl (C=O) groups is 2. The molecule has 0 radical (unpaired) electrons. The van der Waals surface area contributed by atoms with Gasteiger partial charge in [0.2, 0.25) is 11.8 Å². The minimum absolute atomic E-state index is 0.175. The number of anilines is 1. The van der Waals surface area contributed by atoms with E-state index in [-0.39, 0.29) is 11.8 Å². The molecule has 0 aliphatic carbocycles. The second kappa shape index (κ2) is 9.05. The Labute approximate surface area is 159 Å². The Hall–Kier alpha value is -2.32. The summed E-state index contributed by atoms with van der Waals surface area (Å²) >= 11 is 0. The largest absolute Gasteiger partial charge is 0.493 e. The molecule has 1 aromatic carbocycles. The van der Waals surface area contributed by atoms with Crippen LogP contribution < -0.4 is 19.7 Å². The number of hydrogen-bond acceptors (Lipinski definition) is 6. The Balaban J connectivity index is 1.55. The van der Waals surface area contributed by atoms with E-state index in [1.54, 1.807) is 37.3 Å². The first-order valence-electron chi connectivity index (χ1n) is 9.25. The zero-order valence-corrected chi connectivity index (χ0v) is 15.9. The molecule has 148 valence electrons. The van der Waals surface area contributed by atoms with Crippen LogP contribution in [0.15, 0.2) is 18.2 Å². The number of amides is 2. The van der Waals surface area contributed by atoms with Gasteiger partial charge in [-0.25, -0.2) is 0 Å². The smallest absolute Gasteiger partial charge is 0.239 e. The molecular weight excluding hydrogens is 350 g/mol. The van der Waals surface area contributed by atoms with Crippen molar-refractivity contribution in [1.82, 2.24) is 10.2 Å². The lowest BCUT2D eigenvalue weighted by molar-refractivity contribution is -0.132. The zero-order chi connectivity index (χ0) is 19.2. The van der Waals surface area contributed by atoms with Gasteiger partial charge in [0, 0.05) is 44.5 Å². The number of carbonyl (C=O) groups excluding carboxylic acids is 2.